The van der Waals surface area contributed by atoms with Crippen LogP contribution in [0.15, 0.2) is 30.5 Å². The van der Waals surface area contributed by atoms with E-state index < -0.39 is 11.7 Å². The highest BCUT2D eigenvalue weighted by Crippen LogP contribution is 2.38. The van der Waals surface area contributed by atoms with E-state index >= 15 is 0 Å². The van der Waals surface area contributed by atoms with E-state index in [1.54, 1.807) is 18.2 Å². The van der Waals surface area contributed by atoms with Crippen LogP contribution in [0.25, 0.3) is 10.9 Å². The van der Waals surface area contributed by atoms with Crippen LogP contribution in [0, 0.1) is 5.92 Å². The van der Waals surface area contributed by atoms with Crippen LogP contribution < -0.4 is 4.90 Å². The van der Waals surface area contributed by atoms with Crippen LogP contribution in [0.3, 0.4) is 0 Å². The second kappa shape index (κ2) is 5.20. The molecule has 0 bridgehead atoms. The fourth-order valence-electron chi connectivity index (χ4n) is 3.07. The number of anilines is 1. The molecule has 0 saturated carbocycles. The quantitative estimate of drug-likeness (QED) is 0.770. The second-order valence-corrected chi connectivity index (χ2v) is 5.72. The third kappa shape index (κ3) is 2.69. The SMILES string of the molecule is CC1CCCN(c2ccc(C(F)(F)F)c3ncccc23)C1. The van der Waals surface area contributed by atoms with Gasteiger partial charge in [-0.2, -0.15) is 13.2 Å². The Kier molecular flexibility index (Phi) is 3.51. The Labute approximate surface area is 121 Å². The van der Waals surface area contributed by atoms with E-state index in [1.807, 2.05) is 0 Å². The number of rotatable bonds is 1. The highest BCUT2D eigenvalue weighted by molar-refractivity contribution is 5.94. The van der Waals surface area contributed by atoms with E-state index in [0.29, 0.717) is 11.3 Å². The average molecular weight is 294 g/mol. The molecule has 1 aliphatic heterocycles. The lowest BCUT2D eigenvalue weighted by molar-refractivity contribution is -0.136. The van der Waals surface area contributed by atoms with Crippen molar-refractivity contribution in [1.82, 2.24) is 4.98 Å². The van der Waals surface area contributed by atoms with Gasteiger partial charge in [0.05, 0.1) is 11.1 Å². The van der Waals surface area contributed by atoms with Gasteiger partial charge in [-0.25, -0.2) is 0 Å². The number of nitrogens with zero attached hydrogens (tertiary/aromatic N) is 2. The minimum absolute atomic E-state index is 0.0423. The number of aromatic nitrogens is 1. The minimum atomic E-state index is -4.37. The van der Waals surface area contributed by atoms with Crippen molar-refractivity contribution in [3.8, 4) is 0 Å². The molecule has 2 aromatic rings. The maximum atomic E-state index is 13.1. The lowest BCUT2D eigenvalue weighted by Gasteiger charge is -2.33. The van der Waals surface area contributed by atoms with Crippen molar-refractivity contribution in [2.24, 2.45) is 5.92 Å². The molecular weight excluding hydrogens is 277 g/mol. The summed E-state index contributed by atoms with van der Waals surface area (Å²) < 4.78 is 39.3. The predicted octanol–water partition coefficient (Wildman–Crippen LogP) is 4.49. The van der Waals surface area contributed by atoms with Gasteiger partial charge >= 0.3 is 6.18 Å². The van der Waals surface area contributed by atoms with Crippen LogP contribution in [0.1, 0.15) is 25.3 Å². The first-order valence-corrected chi connectivity index (χ1v) is 7.16. The van der Waals surface area contributed by atoms with Gasteiger partial charge in [-0.15, -0.1) is 0 Å². The normalized spacial score (nSPS) is 20.0. The Balaban J connectivity index is 2.13. The number of hydrogen-bond acceptors (Lipinski definition) is 2. The van der Waals surface area contributed by atoms with Gasteiger partial charge in [-0.05, 0) is 43.0 Å². The number of piperidine rings is 1. The number of fused-ring (bicyclic) bond motifs is 1. The zero-order valence-corrected chi connectivity index (χ0v) is 11.8. The first-order chi connectivity index (χ1) is 9.97. The summed E-state index contributed by atoms with van der Waals surface area (Å²) in [6, 6.07) is 6.17. The maximum absolute atomic E-state index is 13.1. The lowest BCUT2D eigenvalue weighted by atomic mass is 9.98. The first kappa shape index (κ1) is 14.2. The van der Waals surface area contributed by atoms with Crippen LogP contribution in [0.5, 0.6) is 0 Å². The molecule has 2 heterocycles. The van der Waals surface area contributed by atoms with E-state index in [9.17, 15) is 13.2 Å². The number of pyridine rings is 1. The molecule has 1 saturated heterocycles. The summed E-state index contributed by atoms with van der Waals surface area (Å²) in [5, 5.41) is 0.585. The molecule has 1 aromatic heterocycles. The number of benzene rings is 1. The topological polar surface area (TPSA) is 16.1 Å². The van der Waals surface area contributed by atoms with Crippen molar-refractivity contribution in [3.63, 3.8) is 0 Å². The molecule has 21 heavy (non-hydrogen) atoms. The molecule has 2 nitrogen and oxygen atoms in total. The molecule has 0 amide bonds. The van der Waals surface area contributed by atoms with Crippen molar-refractivity contribution in [2.45, 2.75) is 25.9 Å². The first-order valence-electron chi connectivity index (χ1n) is 7.16. The van der Waals surface area contributed by atoms with E-state index in [4.69, 9.17) is 0 Å². The van der Waals surface area contributed by atoms with Crippen LogP contribution >= 0.6 is 0 Å². The highest BCUT2D eigenvalue weighted by Gasteiger charge is 2.34. The van der Waals surface area contributed by atoms with Gasteiger partial charge in [0, 0.05) is 30.4 Å². The molecule has 0 N–H and O–H groups in total. The Morgan fingerprint density at radius 1 is 1.24 bits per heavy atom. The smallest absolute Gasteiger partial charge is 0.371 e. The van der Waals surface area contributed by atoms with Crippen LogP contribution in [-0.4, -0.2) is 18.1 Å². The molecule has 1 unspecified atom stereocenters. The largest absolute Gasteiger partial charge is 0.418 e. The molecule has 1 fully saturated rings. The standard InChI is InChI=1S/C16H17F3N2/c1-11-4-3-9-21(10-11)14-7-6-13(16(17,18)19)15-12(14)5-2-8-20-15/h2,5-8,11H,3-4,9-10H2,1H3. The summed E-state index contributed by atoms with van der Waals surface area (Å²) in [5.74, 6) is 0.563. The summed E-state index contributed by atoms with van der Waals surface area (Å²) in [5.41, 5.74) is 0.241. The van der Waals surface area contributed by atoms with Crippen molar-refractivity contribution >= 4 is 16.6 Å². The summed E-state index contributed by atoms with van der Waals surface area (Å²) in [6.07, 6.45) is -0.711. The number of hydrogen-bond donors (Lipinski definition) is 0. The van der Waals surface area contributed by atoms with E-state index in [0.717, 1.165) is 31.3 Å². The minimum Gasteiger partial charge on any atom is -0.371 e. The van der Waals surface area contributed by atoms with E-state index in [1.165, 1.54) is 12.6 Å². The van der Waals surface area contributed by atoms with Crippen molar-refractivity contribution in [2.75, 3.05) is 18.0 Å². The molecule has 1 atom stereocenters. The van der Waals surface area contributed by atoms with Gasteiger partial charge in [0.1, 0.15) is 0 Å². The third-order valence-corrected chi connectivity index (χ3v) is 4.05. The van der Waals surface area contributed by atoms with Gasteiger partial charge in [-0.3, -0.25) is 4.98 Å². The van der Waals surface area contributed by atoms with Crippen LogP contribution in [0.2, 0.25) is 0 Å². The number of alkyl halides is 3. The van der Waals surface area contributed by atoms with Crippen molar-refractivity contribution in [1.29, 1.82) is 0 Å². The third-order valence-electron chi connectivity index (χ3n) is 4.05. The Hall–Kier alpha value is -1.78. The van der Waals surface area contributed by atoms with Gasteiger partial charge < -0.3 is 4.90 Å². The monoisotopic (exact) mass is 294 g/mol. The zero-order valence-electron chi connectivity index (χ0n) is 11.8. The van der Waals surface area contributed by atoms with E-state index in [-0.39, 0.29) is 5.52 Å². The molecule has 1 aromatic carbocycles. The van der Waals surface area contributed by atoms with Gasteiger partial charge in [-0.1, -0.05) is 6.92 Å². The fourth-order valence-corrected chi connectivity index (χ4v) is 3.07. The summed E-state index contributed by atoms with van der Waals surface area (Å²) in [6.45, 7) is 3.95. The van der Waals surface area contributed by atoms with Crippen molar-refractivity contribution < 1.29 is 13.2 Å². The molecular formula is C16H17F3N2. The average Bonchev–Trinajstić information content (AvgIpc) is 2.45. The molecule has 5 heteroatoms. The van der Waals surface area contributed by atoms with Crippen LogP contribution in [0.4, 0.5) is 18.9 Å². The zero-order chi connectivity index (χ0) is 15.0. The molecule has 112 valence electrons. The molecule has 0 aliphatic carbocycles. The van der Waals surface area contributed by atoms with E-state index in [2.05, 4.69) is 16.8 Å². The Morgan fingerprint density at radius 3 is 2.76 bits per heavy atom. The van der Waals surface area contributed by atoms with Crippen LogP contribution in [-0.2, 0) is 6.18 Å². The maximum Gasteiger partial charge on any atom is 0.418 e. The molecule has 0 radical (unpaired) electrons. The lowest BCUT2D eigenvalue weighted by Crippen LogP contribution is -2.34. The Morgan fingerprint density at radius 2 is 2.05 bits per heavy atom. The summed E-state index contributed by atoms with van der Waals surface area (Å²) in [7, 11) is 0. The number of halogens is 3. The summed E-state index contributed by atoms with van der Waals surface area (Å²) >= 11 is 0. The molecule has 3 rings (SSSR count). The van der Waals surface area contributed by atoms with Crippen molar-refractivity contribution in [3.05, 3.63) is 36.0 Å². The fraction of sp³-hybridized carbons (Fsp3) is 0.438. The van der Waals surface area contributed by atoms with Gasteiger partial charge in [0.2, 0.25) is 0 Å². The van der Waals surface area contributed by atoms with Gasteiger partial charge in [0.15, 0.2) is 0 Å². The Bertz CT molecular complexity index is 652. The van der Waals surface area contributed by atoms with Gasteiger partial charge in [0.25, 0.3) is 0 Å². The molecule has 0 spiro atoms. The highest BCUT2D eigenvalue weighted by atomic mass is 19.4. The molecule has 1 aliphatic rings. The second-order valence-electron chi connectivity index (χ2n) is 5.72. The summed E-state index contributed by atoms with van der Waals surface area (Å²) in [4.78, 5) is 6.15. The predicted molar refractivity (Wildman–Crippen MR) is 77.4 cm³/mol.